The van der Waals surface area contributed by atoms with E-state index in [4.69, 9.17) is 5.11 Å². The lowest BCUT2D eigenvalue weighted by Crippen LogP contribution is -2.10. The van der Waals surface area contributed by atoms with Crippen molar-refractivity contribution in [1.29, 1.82) is 0 Å². The van der Waals surface area contributed by atoms with Crippen molar-refractivity contribution >= 4 is 53.8 Å². The molecule has 2 aromatic heterocycles. The van der Waals surface area contributed by atoms with Crippen LogP contribution in [-0.2, 0) is 9.84 Å². The van der Waals surface area contributed by atoms with Crippen molar-refractivity contribution in [3.63, 3.8) is 0 Å². The van der Waals surface area contributed by atoms with Crippen molar-refractivity contribution in [2.75, 3.05) is 17.7 Å². The first-order valence-electron chi connectivity index (χ1n) is 7.75. The summed E-state index contributed by atoms with van der Waals surface area (Å²) in [6.07, 6.45) is 1.42. The number of rotatable bonds is 5. The molecular weight excluding hydrogens is 372 g/mol. The number of thiazole rings is 1. The van der Waals surface area contributed by atoms with Crippen LogP contribution >= 0.6 is 11.3 Å². The fourth-order valence-corrected chi connectivity index (χ4v) is 4.35. The van der Waals surface area contributed by atoms with Gasteiger partial charge in [-0.2, -0.15) is 0 Å². The maximum Gasteiger partial charge on any atom is 0.180 e. The second kappa shape index (κ2) is 6.60. The molecule has 0 radical (unpaired) electrons. The lowest BCUT2D eigenvalue weighted by Gasteiger charge is -2.10. The summed E-state index contributed by atoms with van der Waals surface area (Å²) in [5.74, 6) is 0.181. The van der Waals surface area contributed by atoms with Crippen LogP contribution < -0.4 is 5.32 Å². The Balaban J connectivity index is 1.78. The maximum absolute atomic E-state index is 12.2. The summed E-state index contributed by atoms with van der Waals surface area (Å²) >= 11 is 1.56. The van der Waals surface area contributed by atoms with Gasteiger partial charge in [-0.05, 0) is 36.4 Å². The van der Waals surface area contributed by atoms with Gasteiger partial charge in [-0.25, -0.2) is 23.4 Å². The number of hydrogen-bond acceptors (Lipinski definition) is 8. The van der Waals surface area contributed by atoms with Crippen LogP contribution in [0.15, 0.2) is 53.1 Å². The smallest absolute Gasteiger partial charge is 0.180 e. The van der Waals surface area contributed by atoms with Crippen LogP contribution in [0.5, 0.6) is 0 Å². The Hall–Kier alpha value is -2.62. The van der Waals surface area contributed by atoms with E-state index in [0.717, 1.165) is 15.9 Å². The Kier molecular flexibility index (Phi) is 4.27. The number of anilines is 2. The maximum atomic E-state index is 12.2. The quantitative estimate of drug-likeness (QED) is 0.543. The van der Waals surface area contributed by atoms with E-state index in [0.29, 0.717) is 16.7 Å². The lowest BCUT2D eigenvalue weighted by molar-refractivity contribution is 0.319. The van der Waals surface area contributed by atoms with Gasteiger partial charge >= 0.3 is 0 Å². The fraction of sp³-hybridized carbons (Fsp3) is 0.118. The molecule has 0 aliphatic carbocycles. The molecule has 2 aromatic carbocycles. The van der Waals surface area contributed by atoms with Gasteiger partial charge < -0.3 is 10.4 Å². The van der Waals surface area contributed by atoms with Crippen molar-refractivity contribution < 1.29 is 13.5 Å². The molecule has 0 saturated carbocycles. The van der Waals surface area contributed by atoms with Crippen molar-refractivity contribution in [3.05, 3.63) is 48.2 Å². The molecule has 0 bridgehead atoms. The average Bonchev–Trinajstić information content (AvgIpc) is 3.09. The van der Waals surface area contributed by atoms with Crippen molar-refractivity contribution in [1.82, 2.24) is 15.0 Å². The summed E-state index contributed by atoms with van der Waals surface area (Å²) in [5, 5.41) is 12.8. The molecule has 9 heteroatoms. The van der Waals surface area contributed by atoms with E-state index in [1.807, 2.05) is 18.2 Å². The monoisotopic (exact) mass is 386 g/mol. The topological polar surface area (TPSA) is 105 Å². The van der Waals surface area contributed by atoms with Gasteiger partial charge in [-0.15, -0.1) is 11.3 Å². The first-order chi connectivity index (χ1) is 12.6. The minimum atomic E-state index is -3.55. The minimum absolute atomic E-state index is 0.131. The first kappa shape index (κ1) is 16.8. The number of benzene rings is 2. The molecule has 2 N–H and O–H groups in total. The number of sulfone groups is 1. The van der Waals surface area contributed by atoms with Crippen LogP contribution in [0.1, 0.15) is 0 Å². The first-order valence-corrected chi connectivity index (χ1v) is 10.3. The van der Waals surface area contributed by atoms with Gasteiger partial charge in [0.1, 0.15) is 12.1 Å². The summed E-state index contributed by atoms with van der Waals surface area (Å²) < 4.78 is 25.6. The Bertz CT molecular complexity index is 1210. The molecule has 26 heavy (non-hydrogen) atoms. The van der Waals surface area contributed by atoms with Gasteiger partial charge in [-0.3, -0.25) is 0 Å². The Morgan fingerprint density at radius 2 is 1.92 bits per heavy atom. The third kappa shape index (κ3) is 3.12. The van der Waals surface area contributed by atoms with E-state index in [1.54, 1.807) is 22.9 Å². The van der Waals surface area contributed by atoms with Gasteiger partial charge in [0.05, 0.1) is 38.5 Å². The number of aromatic nitrogens is 3. The lowest BCUT2D eigenvalue weighted by atomic mass is 10.2. The standard InChI is InChI=1S/C17H14N4O3S2/c22-5-6-26(23,24)12-2-3-14-13(8-12)17(19-9-18-14)21-11-1-4-16-15(7-11)20-10-25-16/h1-4,7-10,22H,5-6H2,(H,18,19,21). The molecule has 0 fully saturated rings. The van der Waals surface area contributed by atoms with Crippen molar-refractivity contribution in [3.8, 4) is 0 Å². The largest absolute Gasteiger partial charge is 0.395 e. The van der Waals surface area contributed by atoms with Crippen LogP contribution in [0, 0.1) is 0 Å². The summed E-state index contributed by atoms with van der Waals surface area (Å²) in [7, 11) is -3.55. The fourth-order valence-electron chi connectivity index (χ4n) is 2.64. The third-order valence-corrected chi connectivity index (χ3v) is 6.42. The number of aliphatic hydroxyl groups is 1. The number of nitrogens with one attached hydrogen (secondary N) is 1. The van der Waals surface area contributed by atoms with Gasteiger partial charge in [0, 0.05) is 11.1 Å². The second-order valence-corrected chi connectivity index (χ2v) is 8.60. The predicted molar refractivity (Wildman–Crippen MR) is 102 cm³/mol. The summed E-state index contributed by atoms with van der Waals surface area (Å²) in [6, 6.07) is 10.5. The molecular formula is C17H14N4O3S2. The van der Waals surface area contributed by atoms with Crippen molar-refractivity contribution in [2.24, 2.45) is 0 Å². The van der Waals surface area contributed by atoms with E-state index < -0.39 is 16.4 Å². The zero-order valence-corrected chi connectivity index (χ0v) is 15.1. The van der Waals surface area contributed by atoms with E-state index in [-0.39, 0.29) is 10.6 Å². The molecule has 0 spiro atoms. The summed E-state index contributed by atoms with van der Waals surface area (Å²) in [4.78, 5) is 12.9. The highest BCUT2D eigenvalue weighted by Gasteiger charge is 2.16. The van der Waals surface area contributed by atoms with Crippen LogP contribution in [0.4, 0.5) is 11.5 Å². The van der Waals surface area contributed by atoms with E-state index in [2.05, 4.69) is 20.3 Å². The predicted octanol–water partition coefficient (Wildman–Crippen LogP) is 2.75. The molecule has 0 aliphatic rings. The van der Waals surface area contributed by atoms with Gasteiger partial charge in [-0.1, -0.05) is 0 Å². The molecule has 0 amide bonds. The highest BCUT2D eigenvalue weighted by Crippen LogP contribution is 2.28. The summed E-state index contributed by atoms with van der Waals surface area (Å²) in [5.41, 5.74) is 4.09. The summed E-state index contributed by atoms with van der Waals surface area (Å²) in [6.45, 7) is -0.426. The second-order valence-electron chi connectivity index (χ2n) is 5.60. The number of aliphatic hydroxyl groups excluding tert-OH is 1. The number of nitrogens with zero attached hydrogens (tertiary/aromatic N) is 3. The Morgan fingerprint density at radius 3 is 2.77 bits per heavy atom. The molecule has 0 saturated heterocycles. The van der Waals surface area contributed by atoms with Gasteiger partial charge in [0.25, 0.3) is 0 Å². The highest BCUT2D eigenvalue weighted by atomic mass is 32.2. The molecule has 0 atom stereocenters. The van der Waals surface area contributed by atoms with Crippen LogP contribution in [0.2, 0.25) is 0 Å². The average molecular weight is 386 g/mol. The third-order valence-electron chi connectivity index (χ3n) is 3.92. The van der Waals surface area contributed by atoms with E-state index in [9.17, 15) is 8.42 Å². The van der Waals surface area contributed by atoms with Crippen LogP contribution in [-0.4, -0.2) is 40.8 Å². The Labute approximate surface area is 153 Å². The minimum Gasteiger partial charge on any atom is -0.395 e. The molecule has 4 aromatic rings. The molecule has 0 aliphatic heterocycles. The molecule has 4 rings (SSSR count). The Morgan fingerprint density at radius 1 is 1.04 bits per heavy atom. The molecule has 0 unspecified atom stereocenters. The van der Waals surface area contributed by atoms with Crippen LogP contribution in [0.3, 0.4) is 0 Å². The van der Waals surface area contributed by atoms with Gasteiger partial charge in [0.15, 0.2) is 9.84 Å². The van der Waals surface area contributed by atoms with E-state index in [1.165, 1.54) is 18.5 Å². The van der Waals surface area contributed by atoms with E-state index >= 15 is 0 Å². The SMILES string of the molecule is O=S(=O)(CCO)c1ccc2ncnc(Nc3ccc4scnc4c3)c2c1. The normalized spacial score (nSPS) is 11.9. The highest BCUT2D eigenvalue weighted by molar-refractivity contribution is 7.91. The zero-order chi connectivity index (χ0) is 18.1. The molecule has 2 heterocycles. The zero-order valence-electron chi connectivity index (χ0n) is 13.5. The van der Waals surface area contributed by atoms with Gasteiger partial charge in [0.2, 0.25) is 0 Å². The number of fused-ring (bicyclic) bond motifs is 2. The van der Waals surface area contributed by atoms with Crippen LogP contribution in [0.25, 0.3) is 21.1 Å². The molecule has 7 nitrogen and oxygen atoms in total. The number of hydrogen-bond donors (Lipinski definition) is 2. The van der Waals surface area contributed by atoms with Crippen molar-refractivity contribution in [2.45, 2.75) is 4.90 Å². The molecule has 132 valence electrons.